The molecule has 2 aromatic carbocycles. The molecule has 3 heterocycles. The Morgan fingerprint density at radius 1 is 1.00 bits per heavy atom. The van der Waals surface area contributed by atoms with E-state index in [0.717, 1.165) is 47.7 Å². The topological polar surface area (TPSA) is 66.9 Å². The van der Waals surface area contributed by atoms with E-state index in [9.17, 15) is 0 Å². The molecule has 0 radical (unpaired) electrons. The maximum atomic E-state index is 6.18. The van der Waals surface area contributed by atoms with Crippen LogP contribution in [-0.4, -0.2) is 39.1 Å². The fourth-order valence-corrected chi connectivity index (χ4v) is 3.84. The summed E-state index contributed by atoms with van der Waals surface area (Å²) in [6.07, 6.45) is 5.46. The molecule has 6 heteroatoms. The van der Waals surface area contributed by atoms with Crippen LogP contribution in [0.1, 0.15) is 12.8 Å². The van der Waals surface area contributed by atoms with Crippen LogP contribution in [0.4, 0.5) is 5.82 Å². The van der Waals surface area contributed by atoms with Crippen LogP contribution >= 0.6 is 0 Å². The summed E-state index contributed by atoms with van der Waals surface area (Å²) < 4.78 is 6.18. The number of anilines is 1. The number of nitrogens with one attached hydrogen (secondary N) is 1. The second kappa shape index (κ2) is 7.31. The zero-order valence-corrected chi connectivity index (χ0v) is 15.5. The minimum absolute atomic E-state index is 0.273. The molecule has 5 rings (SSSR count). The zero-order valence-electron chi connectivity index (χ0n) is 15.5. The zero-order chi connectivity index (χ0) is 18.8. The van der Waals surface area contributed by atoms with Gasteiger partial charge in [-0.2, -0.15) is 0 Å². The minimum atomic E-state index is 0.273. The monoisotopic (exact) mass is 371 g/mol. The van der Waals surface area contributed by atoms with Gasteiger partial charge in [-0.3, -0.25) is 0 Å². The Labute approximate surface area is 163 Å². The predicted molar refractivity (Wildman–Crippen MR) is 109 cm³/mol. The number of nitrogens with zero attached hydrogens (tertiary/aromatic N) is 4. The third kappa shape index (κ3) is 3.17. The molecule has 0 bridgehead atoms. The van der Waals surface area contributed by atoms with Crippen molar-refractivity contribution in [2.45, 2.75) is 18.9 Å². The van der Waals surface area contributed by atoms with Gasteiger partial charge in [-0.05, 0) is 36.1 Å². The summed E-state index contributed by atoms with van der Waals surface area (Å²) in [5.41, 5.74) is 3.94. The smallest absolute Gasteiger partial charge is 0.162 e. The van der Waals surface area contributed by atoms with E-state index in [-0.39, 0.29) is 6.04 Å². The SMILES string of the molecule is c1ccc(-c2cccc(OC[C@H]3CCCN3c3ncnc4[nH]cnc34)c2)cc1. The van der Waals surface area contributed by atoms with Crippen LogP contribution in [0.2, 0.25) is 0 Å². The quantitative estimate of drug-likeness (QED) is 0.573. The van der Waals surface area contributed by atoms with Gasteiger partial charge in [0, 0.05) is 6.54 Å². The lowest BCUT2D eigenvalue weighted by Gasteiger charge is -2.25. The van der Waals surface area contributed by atoms with E-state index in [2.05, 4.69) is 61.2 Å². The molecule has 1 aliphatic heterocycles. The highest BCUT2D eigenvalue weighted by atomic mass is 16.5. The number of rotatable bonds is 5. The Morgan fingerprint density at radius 3 is 2.82 bits per heavy atom. The van der Waals surface area contributed by atoms with Crippen molar-refractivity contribution in [3.63, 3.8) is 0 Å². The fraction of sp³-hybridized carbons (Fsp3) is 0.227. The van der Waals surface area contributed by atoms with Gasteiger partial charge in [-0.25, -0.2) is 15.0 Å². The van der Waals surface area contributed by atoms with Crippen molar-refractivity contribution in [3.8, 4) is 16.9 Å². The number of ether oxygens (including phenoxy) is 1. The Bertz CT molecular complexity index is 1080. The summed E-state index contributed by atoms with van der Waals surface area (Å²) in [7, 11) is 0. The van der Waals surface area contributed by atoms with Gasteiger partial charge in [0.2, 0.25) is 0 Å². The van der Waals surface area contributed by atoms with Crippen molar-refractivity contribution < 1.29 is 4.74 Å². The normalized spacial score (nSPS) is 16.6. The standard InChI is InChI=1S/C22H21N5O/c1-2-6-16(7-3-1)17-8-4-10-19(12-17)28-13-18-9-5-11-27(18)22-20-21(24-14-23-20)25-15-26-22/h1-4,6-8,10,12,14-15,18H,5,9,11,13H2,(H,23,24,25,26)/t18-/m1/s1. The van der Waals surface area contributed by atoms with E-state index in [1.165, 1.54) is 5.56 Å². The summed E-state index contributed by atoms with van der Waals surface area (Å²) in [6.45, 7) is 1.57. The van der Waals surface area contributed by atoms with Gasteiger partial charge in [-0.15, -0.1) is 0 Å². The molecule has 1 aliphatic rings. The second-order valence-electron chi connectivity index (χ2n) is 6.99. The Morgan fingerprint density at radius 2 is 1.89 bits per heavy atom. The van der Waals surface area contributed by atoms with Crippen LogP contribution in [-0.2, 0) is 0 Å². The number of aromatic nitrogens is 4. The number of hydrogen-bond acceptors (Lipinski definition) is 5. The van der Waals surface area contributed by atoms with Crippen LogP contribution in [0.25, 0.3) is 22.3 Å². The summed E-state index contributed by atoms with van der Waals surface area (Å²) in [6, 6.07) is 18.9. The molecule has 2 aromatic heterocycles. The summed E-state index contributed by atoms with van der Waals surface area (Å²) >= 11 is 0. The van der Waals surface area contributed by atoms with Crippen LogP contribution < -0.4 is 9.64 Å². The molecule has 1 fully saturated rings. The molecule has 4 aromatic rings. The third-order valence-corrected chi connectivity index (χ3v) is 5.23. The highest BCUT2D eigenvalue weighted by Gasteiger charge is 2.28. The molecule has 0 saturated carbocycles. The average Bonchev–Trinajstić information content (AvgIpc) is 3.42. The van der Waals surface area contributed by atoms with E-state index in [1.54, 1.807) is 12.7 Å². The number of imidazole rings is 1. The van der Waals surface area contributed by atoms with Crippen molar-refractivity contribution in [2.75, 3.05) is 18.1 Å². The van der Waals surface area contributed by atoms with Gasteiger partial charge in [0.25, 0.3) is 0 Å². The first-order valence-corrected chi connectivity index (χ1v) is 9.57. The third-order valence-electron chi connectivity index (χ3n) is 5.23. The first-order chi connectivity index (χ1) is 13.9. The highest BCUT2D eigenvalue weighted by Crippen LogP contribution is 2.29. The predicted octanol–water partition coefficient (Wildman–Crippen LogP) is 4.07. The lowest BCUT2D eigenvalue weighted by molar-refractivity contribution is 0.288. The average molecular weight is 371 g/mol. The van der Waals surface area contributed by atoms with Crippen molar-refractivity contribution >= 4 is 17.0 Å². The fourth-order valence-electron chi connectivity index (χ4n) is 3.84. The van der Waals surface area contributed by atoms with Gasteiger partial charge < -0.3 is 14.6 Å². The second-order valence-corrected chi connectivity index (χ2v) is 6.99. The number of benzene rings is 2. The first-order valence-electron chi connectivity index (χ1n) is 9.57. The van der Waals surface area contributed by atoms with Crippen molar-refractivity contribution in [2.24, 2.45) is 0 Å². The van der Waals surface area contributed by atoms with Crippen LogP contribution in [0.3, 0.4) is 0 Å². The molecule has 1 saturated heterocycles. The molecule has 0 amide bonds. The molecule has 1 atom stereocenters. The molecule has 0 aliphatic carbocycles. The molecule has 6 nitrogen and oxygen atoms in total. The number of aromatic amines is 1. The lowest BCUT2D eigenvalue weighted by Crippen LogP contribution is -2.35. The van der Waals surface area contributed by atoms with Gasteiger partial charge >= 0.3 is 0 Å². The van der Waals surface area contributed by atoms with E-state index in [1.807, 2.05) is 18.2 Å². The van der Waals surface area contributed by atoms with Crippen LogP contribution in [0, 0.1) is 0 Å². The molecule has 0 unspecified atom stereocenters. The maximum absolute atomic E-state index is 6.18. The molecule has 140 valence electrons. The van der Waals surface area contributed by atoms with Gasteiger partial charge in [0.05, 0.1) is 12.4 Å². The molecule has 1 N–H and O–H groups in total. The number of H-pyrrole nitrogens is 1. The van der Waals surface area contributed by atoms with E-state index < -0.39 is 0 Å². The van der Waals surface area contributed by atoms with E-state index >= 15 is 0 Å². The summed E-state index contributed by atoms with van der Waals surface area (Å²) in [4.78, 5) is 18.5. The van der Waals surface area contributed by atoms with Crippen LogP contribution in [0.5, 0.6) is 5.75 Å². The van der Waals surface area contributed by atoms with Gasteiger partial charge in [0.1, 0.15) is 24.2 Å². The molecule has 28 heavy (non-hydrogen) atoms. The summed E-state index contributed by atoms with van der Waals surface area (Å²) in [5, 5.41) is 0. The Kier molecular flexibility index (Phi) is 4.37. The number of fused-ring (bicyclic) bond motifs is 1. The van der Waals surface area contributed by atoms with Crippen molar-refractivity contribution in [3.05, 3.63) is 67.3 Å². The van der Waals surface area contributed by atoms with Crippen molar-refractivity contribution in [1.29, 1.82) is 0 Å². The van der Waals surface area contributed by atoms with Gasteiger partial charge in [-0.1, -0.05) is 42.5 Å². The van der Waals surface area contributed by atoms with Crippen LogP contribution in [0.15, 0.2) is 67.3 Å². The van der Waals surface area contributed by atoms with Crippen molar-refractivity contribution in [1.82, 2.24) is 19.9 Å². The Balaban J connectivity index is 1.33. The largest absolute Gasteiger partial charge is 0.491 e. The highest BCUT2D eigenvalue weighted by molar-refractivity contribution is 5.83. The molecule has 0 spiro atoms. The number of hydrogen-bond donors (Lipinski definition) is 1. The lowest BCUT2D eigenvalue weighted by atomic mass is 10.1. The molecular weight excluding hydrogens is 350 g/mol. The van der Waals surface area contributed by atoms with E-state index in [0.29, 0.717) is 6.61 Å². The first kappa shape index (κ1) is 16.7. The van der Waals surface area contributed by atoms with E-state index in [4.69, 9.17) is 4.74 Å². The Hall–Kier alpha value is -3.41. The molecular formula is C22H21N5O. The minimum Gasteiger partial charge on any atom is -0.491 e. The maximum Gasteiger partial charge on any atom is 0.162 e. The summed E-state index contributed by atoms with van der Waals surface area (Å²) in [5.74, 6) is 1.77. The van der Waals surface area contributed by atoms with Gasteiger partial charge in [0.15, 0.2) is 11.5 Å².